The number of carbonyl (C=O) groups excluding carboxylic acids is 1. The summed E-state index contributed by atoms with van der Waals surface area (Å²) in [6, 6.07) is 6.01. The number of nitro benzene ring substituents is 1. The van der Waals surface area contributed by atoms with Crippen molar-refractivity contribution in [3.8, 4) is 0 Å². The quantitative estimate of drug-likeness (QED) is 0.484. The highest BCUT2D eigenvalue weighted by Gasteiger charge is 2.34. The van der Waals surface area contributed by atoms with Crippen LogP contribution in [0.25, 0.3) is 0 Å². The third-order valence-electron chi connectivity index (χ3n) is 4.85. The Hall–Kier alpha value is -1.95. The van der Waals surface area contributed by atoms with Gasteiger partial charge >= 0.3 is 0 Å². The van der Waals surface area contributed by atoms with Crippen molar-refractivity contribution < 1.29 is 9.72 Å². The third kappa shape index (κ3) is 2.51. The van der Waals surface area contributed by atoms with E-state index in [0.29, 0.717) is 18.4 Å². The maximum Gasteiger partial charge on any atom is 0.280 e. The van der Waals surface area contributed by atoms with Gasteiger partial charge in [-0.15, -0.1) is 0 Å². The molecule has 2 saturated heterocycles. The van der Waals surface area contributed by atoms with Crippen molar-refractivity contribution in [2.75, 3.05) is 25.0 Å². The first-order valence-corrected chi connectivity index (χ1v) is 7.30. The fourth-order valence-corrected chi connectivity index (χ4v) is 3.54. The minimum absolute atomic E-state index is 0.123. The molecule has 0 radical (unpaired) electrons. The van der Waals surface area contributed by atoms with Crippen LogP contribution in [0, 0.1) is 10.1 Å². The zero-order valence-corrected chi connectivity index (χ0v) is 12.1. The van der Waals surface area contributed by atoms with Gasteiger partial charge in [-0.05, 0) is 38.4 Å². The van der Waals surface area contributed by atoms with Crippen molar-refractivity contribution in [2.45, 2.75) is 31.3 Å². The summed E-state index contributed by atoms with van der Waals surface area (Å²) in [5.74, 6) is 0. The number of rotatable bonds is 3. The van der Waals surface area contributed by atoms with Crippen LogP contribution in [-0.4, -0.2) is 48.3 Å². The second-order valence-electron chi connectivity index (χ2n) is 5.90. The number of carbonyl (C=O) groups is 1. The van der Waals surface area contributed by atoms with Gasteiger partial charge in [-0.1, -0.05) is 0 Å². The van der Waals surface area contributed by atoms with E-state index in [1.54, 1.807) is 12.1 Å². The van der Waals surface area contributed by atoms with Gasteiger partial charge in [-0.3, -0.25) is 19.8 Å². The van der Waals surface area contributed by atoms with Gasteiger partial charge in [-0.2, -0.15) is 0 Å². The Bertz CT molecular complexity index is 575. The first-order chi connectivity index (χ1) is 10.1. The Kier molecular flexibility index (Phi) is 3.63. The lowest BCUT2D eigenvalue weighted by Crippen LogP contribution is -2.36. The van der Waals surface area contributed by atoms with E-state index in [2.05, 4.69) is 16.8 Å². The molecule has 112 valence electrons. The number of anilines is 1. The van der Waals surface area contributed by atoms with Crippen molar-refractivity contribution >= 4 is 17.7 Å². The number of aldehydes is 1. The highest BCUT2D eigenvalue weighted by molar-refractivity contribution is 5.83. The molecule has 0 saturated carbocycles. The lowest BCUT2D eigenvalue weighted by molar-refractivity contribution is -0.385. The standard InChI is InChI=1S/C15H19N3O3/c1-16-12-2-3-14(16)9-17(7-6-12)13-4-5-15(18(20)21)11(8-13)10-19/h4-5,8,10,12,14H,2-3,6-7,9H2,1H3. The summed E-state index contributed by atoms with van der Waals surface area (Å²) in [7, 11) is 2.18. The Labute approximate surface area is 123 Å². The van der Waals surface area contributed by atoms with E-state index in [9.17, 15) is 14.9 Å². The summed E-state index contributed by atoms with van der Waals surface area (Å²) in [5, 5.41) is 10.9. The van der Waals surface area contributed by atoms with Crippen LogP contribution in [0.2, 0.25) is 0 Å². The molecule has 2 unspecified atom stereocenters. The summed E-state index contributed by atoms with van der Waals surface area (Å²) in [6.45, 7) is 1.85. The van der Waals surface area contributed by atoms with Crippen LogP contribution in [-0.2, 0) is 0 Å². The zero-order valence-electron chi connectivity index (χ0n) is 12.1. The molecule has 0 N–H and O–H groups in total. The average molecular weight is 289 g/mol. The highest BCUT2D eigenvalue weighted by Crippen LogP contribution is 2.32. The zero-order chi connectivity index (χ0) is 15.0. The number of hydrogen-bond donors (Lipinski definition) is 0. The lowest BCUT2D eigenvalue weighted by atomic mass is 10.1. The van der Waals surface area contributed by atoms with Crippen LogP contribution in [0.5, 0.6) is 0 Å². The first-order valence-electron chi connectivity index (χ1n) is 7.30. The summed E-state index contributed by atoms with van der Waals surface area (Å²) < 4.78 is 0. The Morgan fingerprint density at radius 2 is 2.05 bits per heavy atom. The number of fused-ring (bicyclic) bond motifs is 2. The van der Waals surface area contributed by atoms with Crippen LogP contribution in [0.1, 0.15) is 29.6 Å². The SMILES string of the molecule is CN1C2CCC1CN(c1ccc([N+](=O)[O-])c(C=O)c1)CC2. The molecule has 21 heavy (non-hydrogen) atoms. The van der Waals surface area contributed by atoms with E-state index in [4.69, 9.17) is 0 Å². The Balaban J connectivity index is 1.87. The van der Waals surface area contributed by atoms with Crippen molar-refractivity contribution in [1.82, 2.24) is 4.90 Å². The molecule has 6 nitrogen and oxygen atoms in total. The first kappa shape index (κ1) is 14.0. The second kappa shape index (κ2) is 5.44. The summed E-state index contributed by atoms with van der Waals surface area (Å²) in [4.78, 5) is 26.2. The van der Waals surface area contributed by atoms with Crippen molar-refractivity contribution in [3.05, 3.63) is 33.9 Å². The van der Waals surface area contributed by atoms with Gasteiger partial charge in [0.25, 0.3) is 5.69 Å². The van der Waals surface area contributed by atoms with E-state index in [1.807, 2.05) is 0 Å². The molecule has 2 fully saturated rings. The Morgan fingerprint density at radius 1 is 1.29 bits per heavy atom. The smallest absolute Gasteiger partial charge is 0.280 e. The summed E-state index contributed by atoms with van der Waals surface area (Å²) in [6.07, 6.45) is 4.12. The van der Waals surface area contributed by atoms with Gasteiger partial charge in [0.1, 0.15) is 0 Å². The number of benzene rings is 1. The second-order valence-corrected chi connectivity index (χ2v) is 5.90. The summed E-state index contributed by atoms with van der Waals surface area (Å²) >= 11 is 0. The maximum absolute atomic E-state index is 11.1. The fourth-order valence-electron chi connectivity index (χ4n) is 3.54. The number of likely N-dealkylation sites (N-methyl/N-ethyl adjacent to an activating group) is 1. The minimum Gasteiger partial charge on any atom is -0.370 e. The highest BCUT2D eigenvalue weighted by atomic mass is 16.6. The third-order valence-corrected chi connectivity index (χ3v) is 4.85. The average Bonchev–Trinajstić information content (AvgIpc) is 2.71. The molecule has 1 aromatic carbocycles. The molecule has 2 aliphatic heterocycles. The molecule has 3 rings (SSSR count). The van der Waals surface area contributed by atoms with Crippen LogP contribution in [0.3, 0.4) is 0 Å². The van der Waals surface area contributed by atoms with Gasteiger partial charge in [-0.25, -0.2) is 0 Å². The Morgan fingerprint density at radius 3 is 2.76 bits per heavy atom. The molecular weight excluding hydrogens is 270 g/mol. The molecule has 2 aliphatic rings. The van der Waals surface area contributed by atoms with Crippen LogP contribution < -0.4 is 4.90 Å². The van der Waals surface area contributed by atoms with Gasteiger partial charge in [0.05, 0.1) is 10.5 Å². The van der Waals surface area contributed by atoms with Gasteiger partial charge < -0.3 is 4.90 Å². The molecule has 0 spiro atoms. The molecule has 0 aliphatic carbocycles. The number of nitrogens with zero attached hydrogens (tertiary/aromatic N) is 3. The largest absolute Gasteiger partial charge is 0.370 e. The van der Waals surface area contributed by atoms with Crippen molar-refractivity contribution in [1.29, 1.82) is 0 Å². The van der Waals surface area contributed by atoms with E-state index in [1.165, 1.54) is 18.9 Å². The minimum atomic E-state index is -0.508. The number of nitro groups is 1. The van der Waals surface area contributed by atoms with Gasteiger partial charge in [0.2, 0.25) is 0 Å². The maximum atomic E-state index is 11.1. The summed E-state index contributed by atoms with van der Waals surface area (Å²) in [5.41, 5.74) is 0.936. The molecule has 6 heteroatoms. The molecule has 1 aromatic rings. The lowest BCUT2D eigenvalue weighted by Gasteiger charge is -2.27. The van der Waals surface area contributed by atoms with Crippen LogP contribution in [0.4, 0.5) is 11.4 Å². The fraction of sp³-hybridized carbons (Fsp3) is 0.533. The van der Waals surface area contributed by atoms with E-state index >= 15 is 0 Å². The van der Waals surface area contributed by atoms with E-state index < -0.39 is 4.92 Å². The van der Waals surface area contributed by atoms with Crippen molar-refractivity contribution in [3.63, 3.8) is 0 Å². The van der Waals surface area contributed by atoms with E-state index in [0.717, 1.165) is 25.2 Å². The molecule has 2 atom stereocenters. The van der Waals surface area contributed by atoms with Crippen LogP contribution in [0.15, 0.2) is 18.2 Å². The monoisotopic (exact) mass is 289 g/mol. The topological polar surface area (TPSA) is 66.7 Å². The van der Waals surface area contributed by atoms with Gasteiger partial charge in [0, 0.05) is 36.9 Å². The normalized spacial score (nSPS) is 25.7. The molecule has 0 amide bonds. The predicted octanol–water partition coefficient (Wildman–Crippen LogP) is 2.08. The van der Waals surface area contributed by atoms with Crippen LogP contribution >= 0.6 is 0 Å². The van der Waals surface area contributed by atoms with Gasteiger partial charge in [0.15, 0.2) is 6.29 Å². The molecule has 2 bridgehead atoms. The number of hydrogen-bond acceptors (Lipinski definition) is 5. The molecule has 0 aromatic heterocycles. The van der Waals surface area contributed by atoms with E-state index in [-0.39, 0.29) is 11.3 Å². The van der Waals surface area contributed by atoms with Crippen molar-refractivity contribution in [2.24, 2.45) is 0 Å². The molecular formula is C15H19N3O3. The molecule has 2 heterocycles. The predicted molar refractivity (Wildman–Crippen MR) is 79.9 cm³/mol.